The summed E-state index contributed by atoms with van der Waals surface area (Å²) in [5, 5.41) is 4.51. The topological polar surface area (TPSA) is 24.9 Å². The molecular weight excluding hydrogens is 184 g/mol. The molecule has 74 valence electrons. The molecule has 2 aromatic rings. The Morgan fingerprint density at radius 3 is 3.00 bits per heavy atom. The highest BCUT2D eigenvalue weighted by Gasteiger charge is 2.06. The third kappa shape index (κ3) is 1.53. The molecule has 0 radical (unpaired) electrons. The minimum atomic E-state index is 0.958. The van der Waals surface area contributed by atoms with E-state index in [-0.39, 0.29) is 0 Å². The molecule has 1 N–H and O–H groups in total. The van der Waals surface area contributed by atoms with Gasteiger partial charge in [0.05, 0.1) is 5.52 Å². The maximum Gasteiger partial charge on any atom is 0.0702 e. The summed E-state index contributed by atoms with van der Waals surface area (Å²) < 4.78 is 0. The van der Waals surface area contributed by atoms with Crippen LogP contribution >= 0.6 is 0 Å². The van der Waals surface area contributed by atoms with Crippen LogP contribution in [-0.2, 0) is 0 Å². The van der Waals surface area contributed by atoms with Crippen molar-refractivity contribution >= 4 is 16.5 Å². The van der Waals surface area contributed by atoms with Crippen molar-refractivity contribution in [1.29, 1.82) is 0 Å². The molecule has 2 heteroatoms. The molecule has 1 aromatic carbocycles. The van der Waals surface area contributed by atoms with Crippen LogP contribution < -0.4 is 5.32 Å². The van der Waals surface area contributed by atoms with Gasteiger partial charge in [0.1, 0.15) is 0 Å². The van der Waals surface area contributed by atoms with Gasteiger partial charge in [-0.25, -0.2) is 0 Å². The van der Waals surface area contributed by atoms with E-state index in [1.54, 1.807) is 0 Å². The van der Waals surface area contributed by atoms with Crippen LogP contribution in [0.25, 0.3) is 16.5 Å². The summed E-state index contributed by atoms with van der Waals surface area (Å²) in [5.74, 6) is 0. The first-order valence-electron chi connectivity index (χ1n) is 5.18. The number of pyridine rings is 1. The molecule has 0 spiro atoms. The van der Waals surface area contributed by atoms with Gasteiger partial charge in [0.25, 0.3) is 0 Å². The second-order valence-corrected chi connectivity index (χ2v) is 3.78. The first-order chi connectivity index (χ1) is 7.43. The molecule has 0 amide bonds. The van der Waals surface area contributed by atoms with Crippen LogP contribution in [0.1, 0.15) is 5.56 Å². The van der Waals surface area contributed by atoms with E-state index in [0.717, 1.165) is 18.6 Å². The number of hydrogen-bond donors (Lipinski definition) is 1. The molecule has 0 saturated carbocycles. The summed E-state index contributed by atoms with van der Waals surface area (Å²) in [5.41, 5.74) is 3.65. The quantitative estimate of drug-likeness (QED) is 0.756. The Morgan fingerprint density at radius 1 is 1.20 bits per heavy atom. The molecule has 15 heavy (non-hydrogen) atoms. The van der Waals surface area contributed by atoms with E-state index < -0.39 is 0 Å². The molecule has 1 aliphatic heterocycles. The number of hydrogen-bond acceptors (Lipinski definition) is 2. The van der Waals surface area contributed by atoms with Gasteiger partial charge in [-0.2, -0.15) is 0 Å². The fourth-order valence-electron chi connectivity index (χ4n) is 1.94. The Labute approximate surface area is 88.6 Å². The lowest BCUT2D eigenvalue weighted by molar-refractivity contribution is 0.897. The van der Waals surface area contributed by atoms with Gasteiger partial charge in [0.2, 0.25) is 0 Å². The summed E-state index contributed by atoms with van der Waals surface area (Å²) in [6.45, 7) is 1.93. The van der Waals surface area contributed by atoms with Crippen molar-refractivity contribution in [2.24, 2.45) is 0 Å². The molecule has 2 nitrogen and oxygen atoms in total. The maximum atomic E-state index is 4.46. The molecule has 0 atom stereocenters. The van der Waals surface area contributed by atoms with Gasteiger partial charge in [-0.1, -0.05) is 24.3 Å². The lowest BCUT2D eigenvalue weighted by atomic mass is 10.1. The first-order valence-corrected chi connectivity index (χ1v) is 5.18. The molecular formula is C13H12N2. The molecule has 1 aromatic heterocycles. The number of nitrogens with zero attached hydrogens (tertiary/aromatic N) is 1. The van der Waals surface area contributed by atoms with E-state index >= 15 is 0 Å². The highest BCUT2D eigenvalue weighted by Crippen LogP contribution is 2.19. The normalized spacial score (nSPS) is 15.6. The average molecular weight is 196 g/mol. The third-order valence-electron chi connectivity index (χ3n) is 2.77. The summed E-state index contributed by atoms with van der Waals surface area (Å²) in [6, 6.07) is 10.4. The van der Waals surface area contributed by atoms with Gasteiger partial charge in [-0.15, -0.1) is 0 Å². The fourth-order valence-corrected chi connectivity index (χ4v) is 1.94. The minimum absolute atomic E-state index is 0.958. The maximum absolute atomic E-state index is 4.46. The van der Waals surface area contributed by atoms with Crippen molar-refractivity contribution in [3.8, 4) is 0 Å². The van der Waals surface area contributed by atoms with Crippen molar-refractivity contribution in [1.82, 2.24) is 10.3 Å². The molecule has 0 saturated heterocycles. The smallest absolute Gasteiger partial charge is 0.0702 e. The summed E-state index contributed by atoms with van der Waals surface area (Å²) >= 11 is 0. The number of rotatable bonds is 1. The van der Waals surface area contributed by atoms with Crippen molar-refractivity contribution in [2.45, 2.75) is 0 Å². The van der Waals surface area contributed by atoms with Crippen molar-refractivity contribution in [3.63, 3.8) is 0 Å². The van der Waals surface area contributed by atoms with E-state index in [0.29, 0.717) is 0 Å². The molecule has 3 rings (SSSR count). The second kappa shape index (κ2) is 3.48. The van der Waals surface area contributed by atoms with Crippen molar-refractivity contribution in [3.05, 3.63) is 48.2 Å². The Balaban J connectivity index is 2.13. The SMILES string of the molecule is C1=C(c2cnc3ccccc3c2)CNC1. The molecule has 0 unspecified atom stereocenters. The Bertz CT molecular complexity index is 529. The van der Waals surface area contributed by atoms with Crippen LogP contribution in [0.2, 0.25) is 0 Å². The van der Waals surface area contributed by atoms with E-state index in [2.05, 4.69) is 34.6 Å². The van der Waals surface area contributed by atoms with Gasteiger partial charge in [-0.05, 0) is 23.3 Å². The van der Waals surface area contributed by atoms with Crippen LogP contribution in [0.3, 0.4) is 0 Å². The molecule has 1 aliphatic rings. The highest BCUT2D eigenvalue weighted by atomic mass is 14.9. The minimum Gasteiger partial charge on any atom is -0.309 e. The van der Waals surface area contributed by atoms with Crippen LogP contribution in [0.15, 0.2) is 42.6 Å². The molecule has 2 heterocycles. The Morgan fingerprint density at radius 2 is 2.13 bits per heavy atom. The summed E-state index contributed by atoms with van der Waals surface area (Å²) in [6.07, 6.45) is 4.19. The highest BCUT2D eigenvalue weighted by molar-refractivity contribution is 5.83. The zero-order chi connectivity index (χ0) is 10.1. The van der Waals surface area contributed by atoms with E-state index in [9.17, 15) is 0 Å². The van der Waals surface area contributed by atoms with E-state index in [1.165, 1.54) is 16.5 Å². The Kier molecular flexibility index (Phi) is 2.00. The van der Waals surface area contributed by atoms with Crippen LogP contribution in [0.4, 0.5) is 0 Å². The molecule has 0 bridgehead atoms. The lowest BCUT2D eigenvalue weighted by Gasteiger charge is -2.03. The standard InChI is InChI=1S/C13H12N2/c1-2-4-13-10(3-1)7-12(9-15-13)11-5-6-14-8-11/h1-5,7,9,14H,6,8H2. The van der Waals surface area contributed by atoms with Crippen LogP contribution in [0.5, 0.6) is 0 Å². The number of benzene rings is 1. The van der Waals surface area contributed by atoms with Gasteiger partial charge < -0.3 is 5.32 Å². The Hall–Kier alpha value is -1.67. The zero-order valence-corrected chi connectivity index (χ0v) is 8.40. The van der Waals surface area contributed by atoms with E-state index in [1.807, 2.05) is 18.3 Å². The third-order valence-corrected chi connectivity index (χ3v) is 2.77. The van der Waals surface area contributed by atoms with Crippen LogP contribution in [-0.4, -0.2) is 18.1 Å². The summed E-state index contributed by atoms with van der Waals surface area (Å²) in [7, 11) is 0. The van der Waals surface area contributed by atoms with Crippen molar-refractivity contribution < 1.29 is 0 Å². The monoisotopic (exact) mass is 196 g/mol. The average Bonchev–Trinajstić information content (AvgIpc) is 2.82. The molecule has 0 fully saturated rings. The van der Waals surface area contributed by atoms with Gasteiger partial charge in [0, 0.05) is 24.7 Å². The predicted octanol–water partition coefficient (Wildman–Crippen LogP) is 2.22. The number of aromatic nitrogens is 1. The van der Waals surface area contributed by atoms with Crippen molar-refractivity contribution in [2.75, 3.05) is 13.1 Å². The lowest BCUT2D eigenvalue weighted by Crippen LogP contribution is -2.07. The largest absolute Gasteiger partial charge is 0.309 e. The second-order valence-electron chi connectivity index (χ2n) is 3.78. The predicted molar refractivity (Wildman–Crippen MR) is 62.6 cm³/mol. The summed E-state index contributed by atoms with van der Waals surface area (Å²) in [4.78, 5) is 4.46. The number of para-hydroxylation sites is 1. The van der Waals surface area contributed by atoms with Gasteiger partial charge in [-0.3, -0.25) is 4.98 Å². The first kappa shape index (κ1) is 8.62. The number of nitrogens with one attached hydrogen (secondary N) is 1. The van der Waals surface area contributed by atoms with Gasteiger partial charge in [0.15, 0.2) is 0 Å². The van der Waals surface area contributed by atoms with Gasteiger partial charge >= 0.3 is 0 Å². The fraction of sp³-hybridized carbons (Fsp3) is 0.154. The van der Waals surface area contributed by atoms with Crippen LogP contribution in [0, 0.1) is 0 Å². The molecule has 0 aliphatic carbocycles. The van der Waals surface area contributed by atoms with E-state index in [4.69, 9.17) is 0 Å². The zero-order valence-electron chi connectivity index (χ0n) is 8.40. The number of fused-ring (bicyclic) bond motifs is 1.